The van der Waals surface area contributed by atoms with Gasteiger partial charge in [-0.15, -0.1) is 11.8 Å². The van der Waals surface area contributed by atoms with Gasteiger partial charge in [0.2, 0.25) is 0 Å². The minimum atomic E-state index is -0.347. The maximum Gasteiger partial charge on any atom is 0.179 e. The van der Waals surface area contributed by atoms with Gasteiger partial charge in [-0.2, -0.15) is 0 Å². The number of Topliss-reactive ketones (excluding diaryl/α,β-unsaturated/α-hetero) is 1. The summed E-state index contributed by atoms with van der Waals surface area (Å²) in [4.78, 5) is 12.8. The number of rotatable bonds is 2. The number of thioether (sulfide) groups is 1. The molecule has 1 atom stereocenters. The first-order valence-electron chi connectivity index (χ1n) is 6.48. The zero-order chi connectivity index (χ0) is 13.5. The van der Waals surface area contributed by atoms with Gasteiger partial charge < -0.3 is 0 Å². The molecule has 2 aromatic rings. The van der Waals surface area contributed by atoms with Gasteiger partial charge in [0.15, 0.2) is 5.78 Å². The molecule has 1 unspecified atom stereocenters. The van der Waals surface area contributed by atoms with Crippen molar-refractivity contribution in [2.24, 2.45) is 0 Å². The van der Waals surface area contributed by atoms with E-state index in [2.05, 4.69) is 0 Å². The molecule has 0 radical (unpaired) electrons. The van der Waals surface area contributed by atoms with Crippen LogP contribution >= 0.6 is 11.8 Å². The van der Waals surface area contributed by atoms with E-state index in [9.17, 15) is 9.18 Å². The first-order chi connectivity index (χ1) is 9.12. The van der Waals surface area contributed by atoms with E-state index in [1.165, 1.54) is 6.07 Å². The molecule has 1 aliphatic heterocycles. The molecule has 0 amide bonds. The molecule has 0 spiro atoms. The average molecular weight is 274 g/mol. The molecule has 1 fully saturated rings. The first-order valence-corrected chi connectivity index (χ1v) is 7.46. The normalized spacial score (nSPS) is 22.8. The van der Waals surface area contributed by atoms with Crippen molar-refractivity contribution in [1.82, 2.24) is 0 Å². The second kappa shape index (κ2) is 4.64. The summed E-state index contributed by atoms with van der Waals surface area (Å²) in [5.41, 5.74) is 0.647. The molecule has 1 saturated heterocycles. The largest absolute Gasteiger partial charge is 0.293 e. The fourth-order valence-electron chi connectivity index (χ4n) is 2.70. The Morgan fingerprint density at radius 3 is 2.63 bits per heavy atom. The van der Waals surface area contributed by atoms with E-state index in [0.29, 0.717) is 10.9 Å². The highest BCUT2D eigenvalue weighted by atomic mass is 32.2. The predicted molar refractivity (Wildman–Crippen MR) is 78.3 cm³/mol. The summed E-state index contributed by atoms with van der Waals surface area (Å²) < 4.78 is 13.4. The zero-order valence-electron chi connectivity index (χ0n) is 10.8. The first kappa shape index (κ1) is 12.7. The fourth-order valence-corrected chi connectivity index (χ4v) is 3.97. The van der Waals surface area contributed by atoms with Crippen molar-refractivity contribution >= 4 is 28.3 Å². The summed E-state index contributed by atoms with van der Waals surface area (Å²) in [6.07, 6.45) is 1.98. The van der Waals surface area contributed by atoms with E-state index in [-0.39, 0.29) is 16.3 Å². The predicted octanol–water partition coefficient (Wildman–Crippen LogP) is 4.45. The van der Waals surface area contributed by atoms with Crippen LogP contribution in [0.15, 0.2) is 36.4 Å². The van der Waals surface area contributed by atoms with Crippen LogP contribution in [0.3, 0.4) is 0 Å². The van der Waals surface area contributed by atoms with Gasteiger partial charge >= 0.3 is 0 Å². The van der Waals surface area contributed by atoms with Crippen molar-refractivity contribution in [3.05, 3.63) is 47.8 Å². The highest BCUT2D eigenvalue weighted by Crippen LogP contribution is 2.41. The lowest BCUT2D eigenvalue weighted by Gasteiger charge is -2.21. The SMILES string of the molecule is CC1(C(=O)c2ccc(F)c3ccccc23)CCCS1. The average Bonchev–Trinajstić information content (AvgIpc) is 2.87. The molecule has 0 aromatic heterocycles. The summed E-state index contributed by atoms with van der Waals surface area (Å²) in [5.74, 6) is 0.893. The standard InChI is InChI=1S/C16H15FOS/c1-16(9-4-10-19-16)15(18)13-7-8-14(17)12-6-3-2-5-11(12)13/h2-3,5-8H,4,9-10H2,1H3. The monoisotopic (exact) mass is 274 g/mol. The molecule has 2 aromatic carbocycles. The molecule has 1 nitrogen and oxygen atoms in total. The molecule has 3 rings (SSSR count). The van der Waals surface area contributed by atoms with Crippen molar-refractivity contribution < 1.29 is 9.18 Å². The van der Waals surface area contributed by atoms with E-state index in [1.54, 1.807) is 30.0 Å². The minimum absolute atomic E-state index is 0.131. The van der Waals surface area contributed by atoms with Crippen molar-refractivity contribution in [2.45, 2.75) is 24.5 Å². The number of halogens is 1. The lowest BCUT2D eigenvalue weighted by Crippen LogP contribution is -2.28. The molecule has 3 heteroatoms. The second-order valence-electron chi connectivity index (χ2n) is 5.15. The summed E-state index contributed by atoms with van der Waals surface area (Å²) in [5, 5.41) is 1.25. The summed E-state index contributed by atoms with van der Waals surface area (Å²) in [6, 6.07) is 10.2. The highest BCUT2D eigenvalue weighted by Gasteiger charge is 2.38. The van der Waals surface area contributed by atoms with Crippen LogP contribution in [0.4, 0.5) is 4.39 Å². The lowest BCUT2D eigenvalue weighted by atomic mass is 9.91. The number of carbonyl (C=O) groups excluding carboxylic acids is 1. The highest BCUT2D eigenvalue weighted by molar-refractivity contribution is 8.01. The number of hydrogen-bond acceptors (Lipinski definition) is 2. The van der Waals surface area contributed by atoms with Crippen molar-refractivity contribution in [3.63, 3.8) is 0 Å². The molecule has 19 heavy (non-hydrogen) atoms. The maximum absolute atomic E-state index is 13.8. The molecular weight excluding hydrogens is 259 g/mol. The number of benzene rings is 2. The molecule has 1 heterocycles. The number of carbonyl (C=O) groups is 1. The Kier molecular flexibility index (Phi) is 3.09. The van der Waals surface area contributed by atoms with Crippen molar-refractivity contribution in [1.29, 1.82) is 0 Å². The van der Waals surface area contributed by atoms with Crippen LogP contribution in [0, 0.1) is 5.82 Å². The van der Waals surface area contributed by atoms with Crippen LogP contribution < -0.4 is 0 Å². The van der Waals surface area contributed by atoms with Gasteiger partial charge in [0, 0.05) is 10.9 Å². The van der Waals surface area contributed by atoms with Gasteiger partial charge in [-0.3, -0.25) is 4.79 Å². The van der Waals surface area contributed by atoms with Crippen LogP contribution in [-0.4, -0.2) is 16.3 Å². The van der Waals surface area contributed by atoms with E-state index in [4.69, 9.17) is 0 Å². The second-order valence-corrected chi connectivity index (χ2v) is 6.75. The zero-order valence-corrected chi connectivity index (χ0v) is 11.6. The Labute approximate surface area is 116 Å². The van der Waals surface area contributed by atoms with E-state index < -0.39 is 0 Å². The molecule has 0 N–H and O–H groups in total. The molecule has 0 saturated carbocycles. The van der Waals surface area contributed by atoms with Gasteiger partial charge in [-0.1, -0.05) is 24.3 Å². The Bertz CT molecular complexity index is 644. The van der Waals surface area contributed by atoms with Crippen LogP contribution in [0.2, 0.25) is 0 Å². The number of ketones is 1. The smallest absolute Gasteiger partial charge is 0.179 e. The quantitative estimate of drug-likeness (QED) is 0.753. The fraction of sp³-hybridized carbons (Fsp3) is 0.312. The van der Waals surface area contributed by atoms with Gasteiger partial charge in [-0.25, -0.2) is 4.39 Å². The third kappa shape index (κ3) is 2.06. The Morgan fingerprint density at radius 2 is 1.95 bits per heavy atom. The van der Waals surface area contributed by atoms with E-state index in [1.807, 2.05) is 19.1 Å². The van der Waals surface area contributed by atoms with Gasteiger partial charge in [-0.05, 0) is 43.0 Å². The van der Waals surface area contributed by atoms with Crippen molar-refractivity contribution in [2.75, 3.05) is 5.75 Å². The molecule has 98 valence electrons. The molecule has 0 bridgehead atoms. The molecule has 0 aliphatic carbocycles. The topological polar surface area (TPSA) is 17.1 Å². The summed E-state index contributed by atoms with van der Waals surface area (Å²) in [7, 11) is 0. The summed E-state index contributed by atoms with van der Waals surface area (Å²) >= 11 is 1.72. The van der Waals surface area contributed by atoms with Crippen LogP contribution in [-0.2, 0) is 0 Å². The van der Waals surface area contributed by atoms with Gasteiger partial charge in [0.25, 0.3) is 0 Å². The van der Waals surface area contributed by atoms with Crippen molar-refractivity contribution in [3.8, 4) is 0 Å². The third-order valence-corrected chi connectivity index (χ3v) is 5.33. The Balaban J connectivity index is 2.15. The maximum atomic E-state index is 13.8. The number of fused-ring (bicyclic) bond motifs is 1. The Hall–Kier alpha value is -1.35. The minimum Gasteiger partial charge on any atom is -0.293 e. The number of hydrogen-bond donors (Lipinski definition) is 0. The molecular formula is C16H15FOS. The Morgan fingerprint density at radius 1 is 1.21 bits per heavy atom. The van der Waals surface area contributed by atoms with Gasteiger partial charge in [0.1, 0.15) is 5.82 Å². The molecule has 1 aliphatic rings. The van der Waals surface area contributed by atoms with Gasteiger partial charge in [0.05, 0.1) is 4.75 Å². The lowest BCUT2D eigenvalue weighted by molar-refractivity contribution is 0.0950. The third-order valence-electron chi connectivity index (χ3n) is 3.81. The summed E-state index contributed by atoms with van der Waals surface area (Å²) in [6.45, 7) is 2.01. The van der Waals surface area contributed by atoms with Crippen LogP contribution in [0.1, 0.15) is 30.1 Å². The van der Waals surface area contributed by atoms with E-state index in [0.717, 1.165) is 24.0 Å². The van der Waals surface area contributed by atoms with Crippen LogP contribution in [0.5, 0.6) is 0 Å². The van der Waals surface area contributed by atoms with Crippen LogP contribution in [0.25, 0.3) is 10.8 Å². The van der Waals surface area contributed by atoms with E-state index >= 15 is 0 Å².